The molecule has 2 aliphatic rings. The molecule has 1 unspecified atom stereocenters. The number of phenolic OH excluding ortho intramolecular Hbond substituents is 1. The Kier molecular flexibility index (Phi) is 5.59. The highest BCUT2D eigenvalue weighted by Crippen LogP contribution is 2.42. The average molecular weight is 423 g/mol. The van der Waals surface area contributed by atoms with E-state index in [0.717, 1.165) is 17.7 Å². The van der Waals surface area contributed by atoms with Gasteiger partial charge in [0.1, 0.15) is 11.5 Å². The summed E-state index contributed by atoms with van der Waals surface area (Å²) in [6, 6.07) is 9.20. The van der Waals surface area contributed by atoms with Gasteiger partial charge in [0.2, 0.25) is 0 Å². The Morgan fingerprint density at radius 2 is 2.00 bits per heavy atom. The molecule has 0 aromatic heterocycles. The molecule has 7 heteroatoms. The number of carbonyl (C=O) groups excluding carboxylic acids is 2. The van der Waals surface area contributed by atoms with Crippen molar-refractivity contribution in [3.05, 3.63) is 58.7 Å². The van der Waals surface area contributed by atoms with Crippen LogP contribution in [0.4, 0.5) is 0 Å². The maximum atomic E-state index is 13.0. The first kappa shape index (κ1) is 20.8. The Balaban J connectivity index is 1.86. The fraction of sp³-hybridized carbons (Fsp3) is 0.333. The Morgan fingerprint density at radius 1 is 1.19 bits per heavy atom. The van der Waals surface area contributed by atoms with Crippen molar-refractivity contribution in [2.24, 2.45) is 0 Å². The Bertz CT molecular complexity index is 1070. The van der Waals surface area contributed by atoms with Crippen LogP contribution in [-0.4, -0.2) is 46.6 Å². The number of aliphatic hydroxyl groups is 1. The second kappa shape index (κ2) is 8.34. The van der Waals surface area contributed by atoms with Crippen molar-refractivity contribution in [3.63, 3.8) is 0 Å². The molecule has 2 aromatic carbocycles. The molecule has 1 fully saturated rings. The molecule has 2 heterocycles. The van der Waals surface area contributed by atoms with E-state index in [0.29, 0.717) is 37.3 Å². The van der Waals surface area contributed by atoms with Gasteiger partial charge in [-0.2, -0.15) is 0 Å². The normalized spacial score (nSPS) is 19.4. The quantitative estimate of drug-likeness (QED) is 0.419. The molecule has 1 atom stereocenters. The first-order valence-corrected chi connectivity index (χ1v) is 10.5. The number of carbonyl (C=O) groups is 2. The van der Waals surface area contributed by atoms with Gasteiger partial charge in [-0.05, 0) is 54.8 Å². The van der Waals surface area contributed by atoms with Crippen molar-refractivity contribution < 1.29 is 29.3 Å². The lowest BCUT2D eigenvalue weighted by atomic mass is 9.94. The third-order valence-corrected chi connectivity index (χ3v) is 5.57. The van der Waals surface area contributed by atoms with E-state index in [9.17, 15) is 19.8 Å². The summed E-state index contributed by atoms with van der Waals surface area (Å²) >= 11 is 0. The van der Waals surface area contributed by atoms with E-state index >= 15 is 0 Å². The molecule has 2 aliphatic heterocycles. The Labute approximate surface area is 180 Å². The smallest absolute Gasteiger partial charge is 0.295 e. The van der Waals surface area contributed by atoms with Gasteiger partial charge in [-0.25, -0.2) is 0 Å². The first-order chi connectivity index (χ1) is 15.0. The molecular formula is C24H25NO6. The van der Waals surface area contributed by atoms with E-state index in [4.69, 9.17) is 9.47 Å². The fourth-order valence-corrected chi connectivity index (χ4v) is 4.16. The van der Waals surface area contributed by atoms with Gasteiger partial charge in [0, 0.05) is 18.5 Å². The standard InChI is InChI=1S/C24H25NO6/c1-3-10-25-21(15-5-7-17(26)19(13-15)30-4-2)20(23(28)24(25)29)22(27)16-6-8-18-14(12-16)9-11-31-18/h5-8,12-13,21,26-27H,3-4,9-11H2,1-2H3/b22-20+. The summed E-state index contributed by atoms with van der Waals surface area (Å²) in [6.45, 7) is 5.00. The van der Waals surface area contributed by atoms with Crippen LogP contribution >= 0.6 is 0 Å². The average Bonchev–Trinajstić information content (AvgIpc) is 3.33. The second-order valence-corrected chi connectivity index (χ2v) is 7.57. The molecule has 7 nitrogen and oxygen atoms in total. The van der Waals surface area contributed by atoms with Gasteiger partial charge in [-0.1, -0.05) is 13.0 Å². The zero-order valence-electron chi connectivity index (χ0n) is 17.6. The topological polar surface area (TPSA) is 96.3 Å². The minimum Gasteiger partial charge on any atom is -0.507 e. The number of Topliss-reactive ketones (excluding diaryl/α,β-unsaturated/α-hetero) is 1. The molecule has 1 amide bonds. The molecule has 162 valence electrons. The lowest BCUT2D eigenvalue weighted by Crippen LogP contribution is -2.30. The van der Waals surface area contributed by atoms with E-state index in [-0.39, 0.29) is 22.8 Å². The van der Waals surface area contributed by atoms with E-state index in [1.165, 1.54) is 11.0 Å². The van der Waals surface area contributed by atoms with Crippen LogP contribution in [0.3, 0.4) is 0 Å². The molecule has 2 aromatic rings. The van der Waals surface area contributed by atoms with Crippen LogP contribution in [0.15, 0.2) is 42.0 Å². The molecule has 4 rings (SSSR count). The molecule has 0 spiro atoms. The second-order valence-electron chi connectivity index (χ2n) is 7.57. The molecule has 0 bridgehead atoms. The number of aliphatic hydroxyl groups excluding tert-OH is 1. The maximum absolute atomic E-state index is 13.0. The number of hydrogen-bond donors (Lipinski definition) is 2. The SMILES string of the molecule is CCCN1C(=O)C(=O)/C(=C(/O)c2ccc3c(c2)CCO3)C1c1ccc(O)c(OCC)c1. The third-order valence-electron chi connectivity index (χ3n) is 5.57. The zero-order valence-corrected chi connectivity index (χ0v) is 17.6. The molecule has 0 radical (unpaired) electrons. The summed E-state index contributed by atoms with van der Waals surface area (Å²) in [7, 11) is 0. The van der Waals surface area contributed by atoms with E-state index in [2.05, 4.69) is 0 Å². The lowest BCUT2D eigenvalue weighted by Gasteiger charge is -2.25. The Morgan fingerprint density at radius 3 is 2.74 bits per heavy atom. The molecule has 0 saturated carbocycles. The van der Waals surface area contributed by atoms with Crippen LogP contribution in [0.25, 0.3) is 5.76 Å². The highest BCUT2D eigenvalue weighted by Gasteiger charge is 2.46. The minimum absolute atomic E-state index is 0.0309. The molecule has 31 heavy (non-hydrogen) atoms. The van der Waals surface area contributed by atoms with Crippen LogP contribution in [0.1, 0.15) is 43.0 Å². The third kappa shape index (κ3) is 3.60. The summed E-state index contributed by atoms with van der Waals surface area (Å²) in [4.78, 5) is 27.3. The van der Waals surface area contributed by atoms with Crippen LogP contribution in [-0.2, 0) is 16.0 Å². The number of nitrogens with zero attached hydrogens (tertiary/aromatic N) is 1. The molecular weight excluding hydrogens is 398 g/mol. The number of phenols is 1. The van der Waals surface area contributed by atoms with Crippen molar-refractivity contribution in [2.75, 3.05) is 19.8 Å². The molecule has 0 aliphatic carbocycles. The number of rotatable bonds is 6. The largest absolute Gasteiger partial charge is 0.507 e. The maximum Gasteiger partial charge on any atom is 0.295 e. The highest BCUT2D eigenvalue weighted by molar-refractivity contribution is 6.46. The van der Waals surface area contributed by atoms with Gasteiger partial charge in [-0.3, -0.25) is 9.59 Å². The number of hydrogen-bond acceptors (Lipinski definition) is 6. The van der Waals surface area contributed by atoms with E-state index in [1.807, 2.05) is 6.92 Å². The number of ketones is 1. The fourth-order valence-electron chi connectivity index (χ4n) is 4.16. The van der Waals surface area contributed by atoms with E-state index < -0.39 is 17.7 Å². The van der Waals surface area contributed by atoms with Gasteiger partial charge in [0.05, 0.1) is 24.8 Å². The van der Waals surface area contributed by atoms with Crippen LogP contribution < -0.4 is 9.47 Å². The predicted octanol–water partition coefficient (Wildman–Crippen LogP) is 3.56. The summed E-state index contributed by atoms with van der Waals surface area (Å²) < 4.78 is 11.0. The number of benzene rings is 2. The van der Waals surface area contributed by atoms with Crippen molar-refractivity contribution in [3.8, 4) is 17.2 Å². The van der Waals surface area contributed by atoms with Crippen molar-refractivity contribution in [1.29, 1.82) is 0 Å². The number of ether oxygens (including phenoxy) is 2. The lowest BCUT2D eigenvalue weighted by molar-refractivity contribution is -0.139. The highest BCUT2D eigenvalue weighted by atomic mass is 16.5. The van der Waals surface area contributed by atoms with E-state index in [1.54, 1.807) is 37.3 Å². The summed E-state index contributed by atoms with van der Waals surface area (Å²) in [6.07, 6.45) is 1.37. The van der Waals surface area contributed by atoms with Crippen molar-refractivity contribution in [1.82, 2.24) is 4.90 Å². The van der Waals surface area contributed by atoms with Crippen LogP contribution in [0.5, 0.6) is 17.2 Å². The predicted molar refractivity (Wildman–Crippen MR) is 114 cm³/mol. The summed E-state index contributed by atoms with van der Waals surface area (Å²) in [5.74, 6) is -0.599. The molecule has 1 saturated heterocycles. The van der Waals surface area contributed by atoms with Gasteiger partial charge in [0.25, 0.3) is 11.7 Å². The van der Waals surface area contributed by atoms with Gasteiger partial charge in [-0.15, -0.1) is 0 Å². The first-order valence-electron chi connectivity index (χ1n) is 10.5. The summed E-state index contributed by atoms with van der Waals surface area (Å²) in [5.41, 5.74) is 2.03. The molecule has 2 N–H and O–H groups in total. The van der Waals surface area contributed by atoms with Gasteiger partial charge >= 0.3 is 0 Å². The Hall–Kier alpha value is -3.48. The van der Waals surface area contributed by atoms with Crippen LogP contribution in [0, 0.1) is 0 Å². The van der Waals surface area contributed by atoms with Crippen molar-refractivity contribution in [2.45, 2.75) is 32.7 Å². The number of fused-ring (bicyclic) bond motifs is 1. The minimum atomic E-state index is -0.774. The summed E-state index contributed by atoms with van der Waals surface area (Å²) in [5, 5.41) is 21.2. The number of likely N-dealkylation sites (tertiary alicyclic amines) is 1. The van der Waals surface area contributed by atoms with Gasteiger partial charge in [0.15, 0.2) is 11.5 Å². The van der Waals surface area contributed by atoms with Gasteiger partial charge < -0.3 is 24.6 Å². The zero-order chi connectivity index (χ0) is 22.1. The monoisotopic (exact) mass is 423 g/mol. The number of amides is 1. The number of aromatic hydroxyl groups is 1. The van der Waals surface area contributed by atoms with Crippen LogP contribution in [0.2, 0.25) is 0 Å². The van der Waals surface area contributed by atoms with Crippen molar-refractivity contribution >= 4 is 17.4 Å².